The second kappa shape index (κ2) is 7.22. The zero-order valence-electron chi connectivity index (χ0n) is 12.0. The number of nitrogens with zero attached hydrogens (tertiary/aromatic N) is 4. The van der Waals surface area contributed by atoms with Gasteiger partial charge in [0, 0.05) is 25.7 Å². The van der Waals surface area contributed by atoms with Crippen LogP contribution in [0.15, 0.2) is 24.7 Å². The van der Waals surface area contributed by atoms with Crippen LogP contribution in [0, 0.1) is 0 Å². The third-order valence-electron chi connectivity index (χ3n) is 2.88. The number of nitrogens with one attached hydrogen (secondary N) is 2. The van der Waals surface area contributed by atoms with E-state index in [1.807, 2.05) is 11.5 Å². The average Bonchev–Trinajstić information content (AvgIpc) is 2.95. The molecular weight excluding hydrogens is 272 g/mol. The molecule has 2 N–H and O–H groups in total. The van der Waals surface area contributed by atoms with Crippen LogP contribution in [0.1, 0.15) is 12.7 Å². The van der Waals surface area contributed by atoms with Crippen LogP contribution in [0.25, 0.3) is 0 Å². The van der Waals surface area contributed by atoms with Gasteiger partial charge in [-0.25, -0.2) is 9.78 Å². The van der Waals surface area contributed by atoms with E-state index in [2.05, 4.69) is 25.8 Å². The Balaban J connectivity index is 1.82. The van der Waals surface area contributed by atoms with Crippen molar-refractivity contribution in [3.63, 3.8) is 0 Å². The Morgan fingerprint density at radius 1 is 1.48 bits per heavy atom. The molecule has 0 spiro atoms. The fourth-order valence-corrected chi connectivity index (χ4v) is 1.84. The van der Waals surface area contributed by atoms with Crippen molar-refractivity contribution in [3.8, 4) is 5.88 Å². The van der Waals surface area contributed by atoms with Crippen LogP contribution in [0.2, 0.25) is 0 Å². The summed E-state index contributed by atoms with van der Waals surface area (Å²) in [5.74, 6) is 1.22. The van der Waals surface area contributed by atoms with Crippen LogP contribution >= 0.6 is 0 Å². The van der Waals surface area contributed by atoms with Crippen molar-refractivity contribution in [3.05, 3.63) is 30.5 Å². The number of hydrogen-bond donors (Lipinski definition) is 2. The highest BCUT2D eigenvalue weighted by molar-refractivity contribution is 5.90. The number of aromatic nitrogens is 4. The predicted octanol–water partition coefficient (Wildman–Crippen LogP) is 1.07. The van der Waals surface area contributed by atoms with E-state index < -0.39 is 0 Å². The molecule has 2 rings (SSSR count). The summed E-state index contributed by atoms with van der Waals surface area (Å²) >= 11 is 0. The molecule has 0 saturated heterocycles. The van der Waals surface area contributed by atoms with E-state index in [-0.39, 0.29) is 6.03 Å². The summed E-state index contributed by atoms with van der Waals surface area (Å²) in [6, 6.07) is 3.13. The molecule has 21 heavy (non-hydrogen) atoms. The number of hydrogen-bond acceptors (Lipinski definition) is 5. The Labute approximate surface area is 122 Å². The van der Waals surface area contributed by atoms with Gasteiger partial charge in [-0.05, 0) is 19.1 Å². The van der Waals surface area contributed by atoms with Crippen LogP contribution in [-0.4, -0.2) is 39.4 Å². The number of pyridine rings is 1. The number of methoxy groups -OCH3 is 1. The van der Waals surface area contributed by atoms with Crippen molar-refractivity contribution in [2.75, 3.05) is 19.0 Å². The Kier molecular flexibility index (Phi) is 5.08. The first kappa shape index (κ1) is 14.8. The second-order valence-corrected chi connectivity index (χ2v) is 4.22. The molecule has 0 aliphatic carbocycles. The van der Waals surface area contributed by atoms with Gasteiger partial charge in [-0.15, -0.1) is 10.2 Å². The van der Waals surface area contributed by atoms with Gasteiger partial charge in [0.25, 0.3) is 0 Å². The summed E-state index contributed by atoms with van der Waals surface area (Å²) in [6.45, 7) is 3.29. The molecule has 112 valence electrons. The van der Waals surface area contributed by atoms with Gasteiger partial charge in [0.15, 0.2) is 0 Å². The highest BCUT2D eigenvalue weighted by atomic mass is 16.5. The van der Waals surface area contributed by atoms with Gasteiger partial charge >= 0.3 is 6.03 Å². The minimum absolute atomic E-state index is 0.316. The van der Waals surface area contributed by atoms with E-state index in [0.717, 1.165) is 12.4 Å². The molecule has 2 aromatic heterocycles. The SMILES string of the molecule is CCn1cnnc1CCNC(=O)Nc1cccnc1OC. The van der Waals surface area contributed by atoms with E-state index in [1.165, 1.54) is 7.11 Å². The first-order valence-electron chi connectivity index (χ1n) is 6.65. The monoisotopic (exact) mass is 290 g/mol. The van der Waals surface area contributed by atoms with E-state index in [4.69, 9.17) is 4.74 Å². The van der Waals surface area contributed by atoms with Gasteiger partial charge in [-0.3, -0.25) is 0 Å². The van der Waals surface area contributed by atoms with Gasteiger partial charge < -0.3 is 19.9 Å². The van der Waals surface area contributed by atoms with E-state index in [1.54, 1.807) is 24.7 Å². The lowest BCUT2D eigenvalue weighted by molar-refractivity contribution is 0.252. The lowest BCUT2D eigenvalue weighted by Gasteiger charge is -2.10. The van der Waals surface area contributed by atoms with Crippen molar-refractivity contribution in [1.82, 2.24) is 25.1 Å². The molecule has 8 nitrogen and oxygen atoms in total. The summed E-state index contributed by atoms with van der Waals surface area (Å²) in [7, 11) is 1.50. The number of urea groups is 1. The number of carbonyl (C=O) groups is 1. The van der Waals surface area contributed by atoms with Crippen molar-refractivity contribution in [2.45, 2.75) is 19.9 Å². The highest BCUT2D eigenvalue weighted by Crippen LogP contribution is 2.19. The Morgan fingerprint density at radius 3 is 3.10 bits per heavy atom. The van der Waals surface area contributed by atoms with Gasteiger partial charge in [0.05, 0.1) is 7.11 Å². The molecule has 0 aliphatic rings. The van der Waals surface area contributed by atoms with E-state index in [9.17, 15) is 4.79 Å². The fraction of sp³-hybridized carbons (Fsp3) is 0.385. The highest BCUT2D eigenvalue weighted by Gasteiger charge is 2.08. The largest absolute Gasteiger partial charge is 0.480 e. The van der Waals surface area contributed by atoms with Gasteiger partial charge in [-0.2, -0.15) is 0 Å². The fourth-order valence-electron chi connectivity index (χ4n) is 1.84. The number of ether oxygens (including phenoxy) is 1. The minimum Gasteiger partial charge on any atom is -0.480 e. The maximum absolute atomic E-state index is 11.8. The van der Waals surface area contributed by atoms with E-state index >= 15 is 0 Å². The molecule has 2 aromatic rings. The maximum atomic E-state index is 11.8. The van der Waals surface area contributed by atoms with Crippen LogP contribution in [0.4, 0.5) is 10.5 Å². The summed E-state index contributed by atoms with van der Waals surface area (Å²) in [4.78, 5) is 15.8. The second-order valence-electron chi connectivity index (χ2n) is 4.22. The average molecular weight is 290 g/mol. The molecule has 0 aliphatic heterocycles. The molecule has 0 unspecified atom stereocenters. The number of aryl methyl sites for hydroxylation is 1. The van der Waals surface area contributed by atoms with Crippen molar-refractivity contribution >= 4 is 11.7 Å². The Morgan fingerprint density at radius 2 is 2.33 bits per heavy atom. The third-order valence-corrected chi connectivity index (χ3v) is 2.88. The van der Waals surface area contributed by atoms with Crippen molar-refractivity contribution in [2.24, 2.45) is 0 Å². The zero-order valence-corrected chi connectivity index (χ0v) is 12.0. The molecule has 0 atom stereocenters. The normalized spacial score (nSPS) is 10.2. The molecule has 0 radical (unpaired) electrons. The standard InChI is InChI=1S/C13H18N6O2/c1-3-19-9-16-18-11(19)6-8-15-13(20)17-10-5-4-7-14-12(10)21-2/h4-5,7,9H,3,6,8H2,1-2H3,(H2,15,17,20). The number of carbonyl (C=O) groups excluding carboxylic acids is 1. The molecule has 8 heteroatoms. The quantitative estimate of drug-likeness (QED) is 0.829. The maximum Gasteiger partial charge on any atom is 0.319 e. The van der Waals surface area contributed by atoms with Crippen LogP contribution in [-0.2, 0) is 13.0 Å². The first-order valence-corrected chi connectivity index (χ1v) is 6.65. The molecule has 0 saturated carbocycles. The first-order chi connectivity index (χ1) is 10.2. The molecule has 2 heterocycles. The van der Waals surface area contributed by atoms with Gasteiger partial charge in [0.1, 0.15) is 17.8 Å². The zero-order chi connectivity index (χ0) is 15.1. The third kappa shape index (κ3) is 3.91. The van der Waals surface area contributed by atoms with Crippen molar-refractivity contribution < 1.29 is 9.53 Å². The lowest BCUT2D eigenvalue weighted by atomic mass is 10.4. The number of amides is 2. The molecule has 0 bridgehead atoms. The summed E-state index contributed by atoms with van der Waals surface area (Å²) in [5.41, 5.74) is 0.522. The molecule has 0 fully saturated rings. The molecule has 2 amide bonds. The van der Waals surface area contributed by atoms with Crippen LogP contribution < -0.4 is 15.4 Å². The van der Waals surface area contributed by atoms with Crippen LogP contribution in [0.5, 0.6) is 5.88 Å². The Bertz CT molecular complexity index is 598. The van der Waals surface area contributed by atoms with Crippen molar-refractivity contribution in [1.29, 1.82) is 0 Å². The summed E-state index contributed by atoms with van der Waals surface area (Å²) in [5, 5.41) is 13.3. The molecular formula is C13H18N6O2. The number of anilines is 1. The molecule has 0 aromatic carbocycles. The summed E-state index contributed by atoms with van der Waals surface area (Å²) in [6.07, 6.45) is 3.89. The predicted molar refractivity (Wildman–Crippen MR) is 77.2 cm³/mol. The topological polar surface area (TPSA) is 94.0 Å². The minimum atomic E-state index is -0.316. The lowest BCUT2D eigenvalue weighted by Crippen LogP contribution is -2.31. The van der Waals surface area contributed by atoms with Gasteiger partial charge in [-0.1, -0.05) is 0 Å². The smallest absolute Gasteiger partial charge is 0.319 e. The van der Waals surface area contributed by atoms with Gasteiger partial charge in [0.2, 0.25) is 5.88 Å². The van der Waals surface area contributed by atoms with E-state index in [0.29, 0.717) is 24.5 Å². The summed E-state index contributed by atoms with van der Waals surface area (Å²) < 4.78 is 7.00. The Hall–Kier alpha value is -2.64. The number of rotatable bonds is 6. The van der Waals surface area contributed by atoms with Crippen LogP contribution in [0.3, 0.4) is 0 Å².